The molecule has 23 heavy (non-hydrogen) atoms. The number of hydrogen-bond donors (Lipinski definition) is 0. The zero-order chi connectivity index (χ0) is 16.2. The highest BCUT2D eigenvalue weighted by atomic mass is 35.5. The third-order valence-electron chi connectivity index (χ3n) is 3.01. The number of aromatic nitrogens is 2. The molecule has 0 fully saturated rings. The SMILES string of the molecule is O=[N+]([O-])c1ccc(CSc2nnc(-c3ccc(Cl)cc3)o2)cc1. The number of nitrogens with zero attached hydrogens (tertiary/aromatic N) is 3. The summed E-state index contributed by atoms with van der Waals surface area (Å²) in [5, 5.41) is 19.7. The van der Waals surface area contributed by atoms with Crippen LogP contribution in [0.2, 0.25) is 5.02 Å². The van der Waals surface area contributed by atoms with Gasteiger partial charge in [-0.25, -0.2) is 0 Å². The van der Waals surface area contributed by atoms with E-state index in [2.05, 4.69) is 10.2 Å². The van der Waals surface area contributed by atoms with E-state index in [-0.39, 0.29) is 5.69 Å². The summed E-state index contributed by atoms with van der Waals surface area (Å²) in [5.41, 5.74) is 1.80. The van der Waals surface area contributed by atoms with Crippen LogP contribution in [0.4, 0.5) is 5.69 Å². The minimum atomic E-state index is -0.423. The molecule has 2 aromatic carbocycles. The fourth-order valence-electron chi connectivity index (χ4n) is 1.84. The molecule has 0 aliphatic rings. The van der Waals surface area contributed by atoms with Crippen LogP contribution in [0.25, 0.3) is 11.5 Å². The lowest BCUT2D eigenvalue weighted by Crippen LogP contribution is -1.88. The van der Waals surface area contributed by atoms with Gasteiger partial charge >= 0.3 is 0 Å². The van der Waals surface area contributed by atoms with Crippen LogP contribution in [0.1, 0.15) is 5.56 Å². The van der Waals surface area contributed by atoms with Crippen LogP contribution in [0.3, 0.4) is 0 Å². The van der Waals surface area contributed by atoms with Crippen molar-refractivity contribution in [2.45, 2.75) is 11.0 Å². The van der Waals surface area contributed by atoms with Crippen molar-refractivity contribution in [3.8, 4) is 11.5 Å². The molecule has 0 saturated heterocycles. The number of halogens is 1. The first-order valence-electron chi connectivity index (χ1n) is 6.57. The Labute approximate surface area is 140 Å². The Balaban J connectivity index is 1.65. The molecule has 8 heteroatoms. The molecule has 6 nitrogen and oxygen atoms in total. The first-order valence-corrected chi connectivity index (χ1v) is 7.94. The van der Waals surface area contributed by atoms with Gasteiger partial charge in [0, 0.05) is 28.5 Å². The molecule has 0 radical (unpaired) electrons. The van der Waals surface area contributed by atoms with Gasteiger partial charge in [-0.15, -0.1) is 10.2 Å². The zero-order valence-electron chi connectivity index (χ0n) is 11.7. The van der Waals surface area contributed by atoms with E-state index >= 15 is 0 Å². The Kier molecular flexibility index (Phi) is 4.59. The largest absolute Gasteiger partial charge is 0.411 e. The van der Waals surface area contributed by atoms with Gasteiger partial charge in [-0.3, -0.25) is 10.1 Å². The molecule has 1 heterocycles. The number of rotatable bonds is 5. The van der Waals surface area contributed by atoms with E-state index in [0.29, 0.717) is 21.9 Å². The van der Waals surface area contributed by atoms with Crippen LogP contribution in [0.5, 0.6) is 0 Å². The second-order valence-electron chi connectivity index (χ2n) is 4.59. The molecule has 0 amide bonds. The predicted octanol–water partition coefficient (Wildman–Crippen LogP) is 4.59. The second-order valence-corrected chi connectivity index (χ2v) is 5.96. The smallest absolute Gasteiger partial charge is 0.277 e. The molecule has 0 N–H and O–H groups in total. The Hall–Kier alpha value is -2.38. The number of non-ortho nitro benzene ring substituents is 1. The van der Waals surface area contributed by atoms with Gasteiger partial charge < -0.3 is 4.42 Å². The molecule has 0 aliphatic heterocycles. The van der Waals surface area contributed by atoms with E-state index in [1.165, 1.54) is 23.9 Å². The quantitative estimate of drug-likeness (QED) is 0.381. The maximum atomic E-state index is 10.6. The van der Waals surface area contributed by atoms with E-state index in [9.17, 15) is 10.1 Å². The molecular formula is C15H10ClN3O3S. The number of benzene rings is 2. The molecule has 0 saturated carbocycles. The highest BCUT2D eigenvalue weighted by molar-refractivity contribution is 7.98. The van der Waals surface area contributed by atoms with Crippen molar-refractivity contribution in [2.75, 3.05) is 0 Å². The first kappa shape index (κ1) is 15.5. The number of hydrogen-bond acceptors (Lipinski definition) is 6. The molecule has 3 rings (SSSR count). The summed E-state index contributed by atoms with van der Waals surface area (Å²) in [6.07, 6.45) is 0. The summed E-state index contributed by atoms with van der Waals surface area (Å²) >= 11 is 7.21. The molecule has 1 aromatic heterocycles. The molecule has 0 atom stereocenters. The Morgan fingerprint density at radius 3 is 2.43 bits per heavy atom. The molecule has 0 aliphatic carbocycles. The fraction of sp³-hybridized carbons (Fsp3) is 0.0667. The maximum Gasteiger partial charge on any atom is 0.277 e. The minimum absolute atomic E-state index is 0.0709. The van der Waals surface area contributed by atoms with Crippen molar-refractivity contribution >= 4 is 29.1 Å². The first-order chi connectivity index (χ1) is 11.1. The topological polar surface area (TPSA) is 82.1 Å². The van der Waals surface area contributed by atoms with Crippen molar-refractivity contribution in [3.05, 3.63) is 69.2 Å². The van der Waals surface area contributed by atoms with Gasteiger partial charge in [0.25, 0.3) is 10.9 Å². The monoisotopic (exact) mass is 347 g/mol. The lowest BCUT2D eigenvalue weighted by molar-refractivity contribution is -0.384. The maximum absolute atomic E-state index is 10.6. The number of thioether (sulfide) groups is 1. The molecule has 116 valence electrons. The Bertz CT molecular complexity index is 819. The van der Waals surface area contributed by atoms with Gasteiger partial charge in [0.05, 0.1) is 4.92 Å². The molecule has 0 bridgehead atoms. The van der Waals surface area contributed by atoms with Crippen molar-refractivity contribution < 1.29 is 9.34 Å². The standard InChI is InChI=1S/C15H10ClN3O3S/c16-12-5-3-11(4-6-12)14-17-18-15(22-14)23-9-10-1-7-13(8-2-10)19(20)21/h1-8H,9H2. The zero-order valence-corrected chi connectivity index (χ0v) is 13.3. The van der Waals surface area contributed by atoms with Gasteiger partial charge in [-0.2, -0.15) is 0 Å². The van der Waals surface area contributed by atoms with Crippen LogP contribution in [-0.2, 0) is 5.75 Å². The van der Waals surface area contributed by atoms with E-state index < -0.39 is 4.92 Å². The number of nitro groups is 1. The van der Waals surface area contributed by atoms with Crippen molar-refractivity contribution in [1.29, 1.82) is 0 Å². The van der Waals surface area contributed by atoms with E-state index in [0.717, 1.165) is 11.1 Å². The normalized spacial score (nSPS) is 10.7. The van der Waals surface area contributed by atoms with Gasteiger partial charge in [-0.1, -0.05) is 35.5 Å². The summed E-state index contributed by atoms with van der Waals surface area (Å²) in [6, 6.07) is 13.5. The van der Waals surface area contributed by atoms with Gasteiger partial charge in [0.15, 0.2) is 0 Å². The Morgan fingerprint density at radius 2 is 1.78 bits per heavy atom. The van der Waals surface area contributed by atoms with E-state index in [4.69, 9.17) is 16.0 Å². The van der Waals surface area contributed by atoms with Gasteiger partial charge in [-0.05, 0) is 29.8 Å². The summed E-state index contributed by atoms with van der Waals surface area (Å²) in [4.78, 5) is 10.2. The van der Waals surface area contributed by atoms with Crippen molar-refractivity contribution in [1.82, 2.24) is 10.2 Å². The second kappa shape index (κ2) is 6.80. The van der Waals surface area contributed by atoms with Crippen LogP contribution in [0, 0.1) is 10.1 Å². The predicted molar refractivity (Wildman–Crippen MR) is 87.4 cm³/mol. The Morgan fingerprint density at radius 1 is 1.09 bits per heavy atom. The number of nitro benzene ring substituents is 1. The average Bonchev–Trinajstić information content (AvgIpc) is 3.03. The lowest BCUT2D eigenvalue weighted by atomic mass is 10.2. The molecule has 3 aromatic rings. The van der Waals surface area contributed by atoms with Crippen LogP contribution < -0.4 is 0 Å². The highest BCUT2D eigenvalue weighted by Crippen LogP contribution is 2.26. The van der Waals surface area contributed by atoms with Crippen LogP contribution in [0.15, 0.2) is 58.2 Å². The summed E-state index contributed by atoms with van der Waals surface area (Å²) < 4.78 is 5.58. The summed E-state index contributed by atoms with van der Waals surface area (Å²) in [6.45, 7) is 0. The lowest BCUT2D eigenvalue weighted by Gasteiger charge is -1.98. The van der Waals surface area contributed by atoms with Gasteiger partial charge in [0.1, 0.15) is 0 Å². The van der Waals surface area contributed by atoms with Gasteiger partial charge in [0.2, 0.25) is 5.89 Å². The van der Waals surface area contributed by atoms with Crippen molar-refractivity contribution in [2.24, 2.45) is 0 Å². The van der Waals surface area contributed by atoms with Crippen LogP contribution in [-0.4, -0.2) is 15.1 Å². The highest BCUT2D eigenvalue weighted by Gasteiger charge is 2.10. The van der Waals surface area contributed by atoms with E-state index in [1.807, 2.05) is 0 Å². The summed E-state index contributed by atoms with van der Waals surface area (Å²) in [7, 11) is 0. The molecule has 0 spiro atoms. The van der Waals surface area contributed by atoms with E-state index in [1.54, 1.807) is 36.4 Å². The molecular weight excluding hydrogens is 338 g/mol. The fourth-order valence-corrected chi connectivity index (χ4v) is 2.68. The van der Waals surface area contributed by atoms with Crippen LogP contribution >= 0.6 is 23.4 Å². The van der Waals surface area contributed by atoms with Crippen molar-refractivity contribution in [3.63, 3.8) is 0 Å². The summed E-state index contributed by atoms with van der Waals surface area (Å²) in [5.74, 6) is 1.01. The minimum Gasteiger partial charge on any atom is -0.411 e. The average molecular weight is 348 g/mol. The third-order valence-corrected chi connectivity index (χ3v) is 4.15. The third kappa shape index (κ3) is 3.88. The molecule has 0 unspecified atom stereocenters.